The second-order valence-corrected chi connectivity index (χ2v) is 6.24. The number of amides is 1. The molecule has 0 unspecified atom stereocenters. The zero-order valence-electron chi connectivity index (χ0n) is 15.5. The Hall–Kier alpha value is -2.46. The van der Waals surface area contributed by atoms with Gasteiger partial charge < -0.3 is 14.4 Å². The summed E-state index contributed by atoms with van der Waals surface area (Å²) in [5, 5.41) is 0.441. The zero-order valence-corrected chi connectivity index (χ0v) is 16.3. The molecule has 0 aliphatic carbocycles. The van der Waals surface area contributed by atoms with Gasteiger partial charge >= 0.3 is 0 Å². The number of rotatable bonds is 7. The van der Waals surface area contributed by atoms with Crippen molar-refractivity contribution in [2.75, 3.05) is 20.8 Å². The largest absolute Gasteiger partial charge is 0.491 e. The van der Waals surface area contributed by atoms with Gasteiger partial charge in [0.1, 0.15) is 0 Å². The Morgan fingerprint density at radius 1 is 1.27 bits per heavy atom. The molecule has 0 radical (unpaired) electrons. The van der Waals surface area contributed by atoms with Gasteiger partial charge in [-0.3, -0.25) is 4.79 Å². The van der Waals surface area contributed by atoms with Gasteiger partial charge in [-0.2, -0.15) is 0 Å². The molecule has 0 heterocycles. The molecule has 26 heavy (non-hydrogen) atoms. The number of methoxy groups -OCH3 is 1. The van der Waals surface area contributed by atoms with E-state index in [2.05, 4.69) is 0 Å². The summed E-state index contributed by atoms with van der Waals surface area (Å²) in [6, 6.07) is 13.4. The van der Waals surface area contributed by atoms with E-state index in [0.717, 1.165) is 11.1 Å². The fourth-order valence-corrected chi connectivity index (χ4v) is 2.87. The third kappa shape index (κ3) is 4.79. The first-order valence-electron chi connectivity index (χ1n) is 8.48. The van der Waals surface area contributed by atoms with Crippen LogP contribution < -0.4 is 9.47 Å². The van der Waals surface area contributed by atoms with Gasteiger partial charge in [-0.25, -0.2) is 0 Å². The lowest BCUT2D eigenvalue weighted by Crippen LogP contribution is -2.27. The standard InChI is InChI=1S/C21H24ClNO3/c1-5-26-19-14-16(13-18(22)21(19)25-4)11-12-20(24)23(3)15(2)17-9-7-6-8-10-17/h6-15H,5H2,1-4H3/b12-11+/t15-/m0/s1. The summed E-state index contributed by atoms with van der Waals surface area (Å²) in [5.74, 6) is 0.957. The Labute approximate surface area is 160 Å². The van der Waals surface area contributed by atoms with Crippen molar-refractivity contribution in [1.82, 2.24) is 4.90 Å². The van der Waals surface area contributed by atoms with Crippen molar-refractivity contribution in [3.8, 4) is 11.5 Å². The molecular formula is C21H24ClNO3. The molecule has 0 saturated carbocycles. The van der Waals surface area contributed by atoms with Gasteiger partial charge in [-0.05, 0) is 43.2 Å². The molecule has 4 nitrogen and oxygen atoms in total. The van der Waals surface area contributed by atoms with Crippen molar-refractivity contribution < 1.29 is 14.3 Å². The molecule has 0 aliphatic rings. The summed E-state index contributed by atoms with van der Waals surface area (Å²) < 4.78 is 10.8. The Balaban J connectivity index is 2.17. The Bertz CT molecular complexity index is 774. The van der Waals surface area contributed by atoms with E-state index < -0.39 is 0 Å². The lowest BCUT2D eigenvalue weighted by Gasteiger charge is -2.24. The van der Waals surface area contributed by atoms with E-state index in [4.69, 9.17) is 21.1 Å². The van der Waals surface area contributed by atoms with Crippen LogP contribution in [-0.2, 0) is 4.79 Å². The molecule has 0 N–H and O–H groups in total. The first-order valence-corrected chi connectivity index (χ1v) is 8.85. The van der Waals surface area contributed by atoms with Crippen molar-refractivity contribution >= 4 is 23.6 Å². The lowest BCUT2D eigenvalue weighted by atomic mass is 10.1. The Morgan fingerprint density at radius 2 is 1.96 bits per heavy atom. The number of likely N-dealkylation sites (N-methyl/N-ethyl adjacent to an activating group) is 1. The van der Waals surface area contributed by atoms with Gasteiger partial charge in [-0.15, -0.1) is 0 Å². The SMILES string of the molecule is CCOc1cc(/C=C/C(=O)N(C)[C@@H](C)c2ccccc2)cc(Cl)c1OC. The highest BCUT2D eigenvalue weighted by molar-refractivity contribution is 6.32. The number of carbonyl (C=O) groups is 1. The molecule has 0 aromatic heterocycles. The van der Waals surface area contributed by atoms with Crippen molar-refractivity contribution in [2.45, 2.75) is 19.9 Å². The minimum atomic E-state index is -0.0914. The van der Waals surface area contributed by atoms with Crippen LogP contribution in [-0.4, -0.2) is 31.6 Å². The maximum atomic E-state index is 12.5. The predicted octanol–water partition coefficient (Wildman–Crippen LogP) is 4.98. The lowest BCUT2D eigenvalue weighted by molar-refractivity contribution is -0.126. The number of ether oxygens (including phenoxy) is 2. The van der Waals surface area contributed by atoms with Crippen LogP contribution in [0.1, 0.15) is 31.0 Å². The molecule has 0 aliphatic heterocycles. The first-order chi connectivity index (χ1) is 12.5. The minimum absolute atomic E-state index is 0.0215. The smallest absolute Gasteiger partial charge is 0.246 e. The number of hydrogen-bond acceptors (Lipinski definition) is 3. The molecule has 1 amide bonds. The molecule has 0 bridgehead atoms. The van der Waals surface area contributed by atoms with E-state index in [0.29, 0.717) is 23.1 Å². The van der Waals surface area contributed by atoms with E-state index in [1.807, 2.05) is 44.2 Å². The van der Waals surface area contributed by atoms with E-state index in [1.165, 1.54) is 6.08 Å². The third-order valence-corrected chi connectivity index (χ3v) is 4.45. The van der Waals surface area contributed by atoms with E-state index >= 15 is 0 Å². The van der Waals surface area contributed by atoms with Crippen molar-refractivity contribution in [1.29, 1.82) is 0 Å². The first kappa shape index (κ1) is 19.9. The average molecular weight is 374 g/mol. The van der Waals surface area contributed by atoms with Gasteiger partial charge in [-0.1, -0.05) is 41.9 Å². The quantitative estimate of drug-likeness (QED) is 0.642. The summed E-state index contributed by atoms with van der Waals surface area (Å²) in [7, 11) is 3.33. The monoisotopic (exact) mass is 373 g/mol. The number of carbonyl (C=O) groups excluding carboxylic acids is 1. The topological polar surface area (TPSA) is 38.8 Å². The van der Waals surface area contributed by atoms with Crippen LogP contribution in [0, 0.1) is 0 Å². The summed E-state index contributed by atoms with van der Waals surface area (Å²) in [6.07, 6.45) is 3.26. The fourth-order valence-electron chi connectivity index (χ4n) is 2.58. The van der Waals surface area contributed by atoms with Crippen molar-refractivity contribution in [3.05, 3.63) is 64.7 Å². The maximum Gasteiger partial charge on any atom is 0.246 e. The molecule has 2 aromatic rings. The van der Waals surface area contributed by atoms with Gasteiger partial charge in [0.25, 0.3) is 0 Å². The van der Waals surface area contributed by atoms with Crippen LogP contribution in [0.2, 0.25) is 5.02 Å². The second-order valence-electron chi connectivity index (χ2n) is 5.84. The normalized spacial score (nSPS) is 12.0. The van der Waals surface area contributed by atoms with Crippen LogP contribution in [0.15, 0.2) is 48.5 Å². The summed E-state index contributed by atoms with van der Waals surface area (Å²) >= 11 is 6.24. The summed E-state index contributed by atoms with van der Waals surface area (Å²) in [5.41, 5.74) is 1.86. The van der Waals surface area contributed by atoms with Crippen LogP contribution in [0.5, 0.6) is 11.5 Å². The summed E-state index contributed by atoms with van der Waals surface area (Å²) in [4.78, 5) is 14.2. The molecule has 0 saturated heterocycles. The molecule has 1 atom stereocenters. The highest BCUT2D eigenvalue weighted by Gasteiger charge is 2.15. The Morgan fingerprint density at radius 3 is 2.58 bits per heavy atom. The van der Waals surface area contributed by atoms with Gasteiger partial charge in [0.05, 0.1) is 24.8 Å². The van der Waals surface area contributed by atoms with Gasteiger partial charge in [0.2, 0.25) is 5.91 Å². The van der Waals surface area contributed by atoms with E-state index in [1.54, 1.807) is 37.3 Å². The van der Waals surface area contributed by atoms with Crippen molar-refractivity contribution in [3.63, 3.8) is 0 Å². The highest BCUT2D eigenvalue weighted by atomic mass is 35.5. The highest BCUT2D eigenvalue weighted by Crippen LogP contribution is 2.36. The molecule has 0 spiro atoms. The molecule has 138 valence electrons. The zero-order chi connectivity index (χ0) is 19.1. The minimum Gasteiger partial charge on any atom is -0.491 e. The van der Waals surface area contributed by atoms with Crippen LogP contribution >= 0.6 is 11.6 Å². The van der Waals surface area contributed by atoms with Crippen LogP contribution in [0.3, 0.4) is 0 Å². The molecule has 5 heteroatoms. The van der Waals surface area contributed by atoms with Gasteiger partial charge in [0, 0.05) is 13.1 Å². The molecule has 0 fully saturated rings. The average Bonchev–Trinajstić information content (AvgIpc) is 2.65. The van der Waals surface area contributed by atoms with Crippen LogP contribution in [0.25, 0.3) is 6.08 Å². The molecule has 2 rings (SSSR count). The number of nitrogens with zero attached hydrogens (tertiary/aromatic N) is 1. The van der Waals surface area contributed by atoms with Crippen molar-refractivity contribution in [2.24, 2.45) is 0 Å². The third-order valence-electron chi connectivity index (χ3n) is 4.16. The number of benzene rings is 2. The molecule has 2 aromatic carbocycles. The second kappa shape index (κ2) is 9.30. The molecular weight excluding hydrogens is 350 g/mol. The number of halogens is 1. The Kier molecular flexibility index (Phi) is 7.10. The van der Waals surface area contributed by atoms with Gasteiger partial charge in [0.15, 0.2) is 11.5 Å². The van der Waals surface area contributed by atoms with E-state index in [9.17, 15) is 4.79 Å². The fraction of sp³-hybridized carbons (Fsp3) is 0.286. The summed E-state index contributed by atoms with van der Waals surface area (Å²) in [6.45, 7) is 4.38. The van der Waals surface area contributed by atoms with E-state index in [-0.39, 0.29) is 11.9 Å². The number of hydrogen-bond donors (Lipinski definition) is 0. The predicted molar refractivity (Wildman–Crippen MR) is 106 cm³/mol. The van der Waals surface area contributed by atoms with Crippen LogP contribution in [0.4, 0.5) is 0 Å². The maximum absolute atomic E-state index is 12.5.